The van der Waals surface area contributed by atoms with Crippen LogP contribution in [0.1, 0.15) is 5.56 Å². The van der Waals surface area contributed by atoms with Crippen molar-refractivity contribution < 1.29 is 12.8 Å². The third kappa shape index (κ3) is 4.03. The molecule has 0 atom stereocenters. The van der Waals surface area contributed by atoms with Gasteiger partial charge in [0.25, 0.3) is 0 Å². The summed E-state index contributed by atoms with van der Waals surface area (Å²) in [5.74, 6) is -0.430. The molecule has 2 aromatic carbocycles. The zero-order valence-electron chi connectivity index (χ0n) is 10.6. The van der Waals surface area contributed by atoms with E-state index in [9.17, 15) is 12.8 Å². The van der Waals surface area contributed by atoms with Gasteiger partial charge in [-0.1, -0.05) is 15.9 Å². The molecule has 0 spiro atoms. The summed E-state index contributed by atoms with van der Waals surface area (Å²) in [4.78, 5) is 0.0734. The second-order valence-electron chi connectivity index (χ2n) is 4.25. The van der Waals surface area contributed by atoms with E-state index < -0.39 is 15.8 Å². The van der Waals surface area contributed by atoms with Crippen molar-refractivity contribution in [1.82, 2.24) is 4.72 Å². The smallest absolute Gasteiger partial charge is 0.241 e. The summed E-state index contributed by atoms with van der Waals surface area (Å²) in [7, 11) is -3.73. The minimum Gasteiger partial charge on any atom is -0.399 e. The molecular formula is C13H11Br2FN2O2S. The van der Waals surface area contributed by atoms with Crippen LogP contribution in [0.25, 0.3) is 0 Å². The molecule has 2 rings (SSSR count). The van der Waals surface area contributed by atoms with E-state index in [4.69, 9.17) is 5.73 Å². The Kier molecular flexibility index (Phi) is 5.03. The van der Waals surface area contributed by atoms with E-state index in [-0.39, 0.29) is 11.4 Å². The van der Waals surface area contributed by atoms with Crippen LogP contribution in [0.2, 0.25) is 0 Å². The number of benzene rings is 2. The average molecular weight is 438 g/mol. The molecule has 0 bridgehead atoms. The van der Waals surface area contributed by atoms with Gasteiger partial charge in [-0.3, -0.25) is 0 Å². The molecule has 0 aromatic heterocycles. The molecule has 0 radical (unpaired) electrons. The van der Waals surface area contributed by atoms with Gasteiger partial charge in [0.15, 0.2) is 0 Å². The fourth-order valence-corrected chi connectivity index (χ4v) is 4.15. The van der Waals surface area contributed by atoms with Crippen LogP contribution in [-0.2, 0) is 16.6 Å². The predicted molar refractivity (Wildman–Crippen MR) is 86.7 cm³/mol. The Morgan fingerprint density at radius 1 is 1.10 bits per heavy atom. The Morgan fingerprint density at radius 3 is 2.48 bits per heavy atom. The van der Waals surface area contributed by atoms with Crippen LogP contribution in [0.3, 0.4) is 0 Å². The van der Waals surface area contributed by atoms with Crippen LogP contribution < -0.4 is 10.5 Å². The van der Waals surface area contributed by atoms with Crippen LogP contribution in [0.15, 0.2) is 50.2 Å². The summed E-state index contributed by atoms with van der Waals surface area (Å²) in [6.07, 6.45) is 0. The first-order chi connectivity index (χ1) is 9.79. The van der Waals surface area contributed by atoms with Gasteiger partial charge in [0.2, 0.25) is 10.0 Å². The van der Waals surface area contributed by atoms with E-state index in [1.807, 2.05) is 0 Å². The van der Waals surface area contributed by atoms with Gasteiger partial charge in [-0.15, -0.1) is 0 Å². The molecule has 0 fully saturated rings. The molecule has 0 aliphatic heterocycles. The minimum absolute atomic E-state index is 0.0303. The van der Waals surface area contributed by atoms with Gasteiger partial charge >= 0.3 is 0 Å². The number of sulfonamides is 1. The first-order valence-electron chi connectivity index (χ1n) is 5.78. The third-order valence-corrected chi connectivity index (χ3v) is 5.86. The van der Waals surface area contributed by atoms with Crippen molar-refractivity contribution in [2.45, 2.75) is 11.4 Å². The van der Waals surface area contributed by atoms with E-state index >= 15 is 0 Å². The largest absolute Gasteiger partial charge is 0.399 e. The molecule has 0 unspecified atom stereocenters. The van der Waals surface area contributed by atoms with Gasteiger partial charge in [0.1, 0.15) is 5.82 Å². The highest BCUT2D eigenvalue weighted by Gasteiger charge is 2.18. The van der Waals surface area contributed by atoms with Crippen molar-refractivity contribution in [3.8, 4) is 0 Å². The van der Waals surface area contributed by atoms with E-state index in [1.165, 1.54) is 36.4 Å². The minimum atomic E-state index is -3.73. The summed E-state index contributed by atoms with van der Waals surface area (Å²) in [5.41, 5.74) is 6.54. The zero-order chi connectivity index (χ0) is 15.6. The van der Waals surface area contributed by atoms with E-state index in [0.717, 1.165) is 0 Å². The SMILES string of the molecule is Nc1ccc(S(=O)(=O)NCc2cc(F)ccc2Br)c(Br)c1. The summed E-state index contributed by atoms with van der Waals surface area (Å²) < 4.78 is 41.1. The normalized spacial score (nSPS) is 11.6. The zero-order valence-corrected chi connectivity index (χ0v) is 14.6. The topological polar surface area (TPSA) is 72.2 Å². The van der Waals surface area contributed by atoms with Crippen molar-refractivity contribution in [2.75, 3.05) is 5.73 Å². The van der Waals surface area contributed by atoms with Crippen molar-refractivity contribution in [3.05, 3.63) is 56.7 Å². The molecule has 0 saturated carbocycles. The maximum absolute atomic E-state index is 13.2. The van der Waals surface area contributed by atoms with Gasteiger partial charge in [0.05, 0.1) is 4.90 Å². The number of nitrogens with one attached hydrogen (secondary N) is 1. The Balaban J connectivity index is 2.24. The molecule has 2 aromatic rings. The molecule has 8 heteroatoms. The lowest BCUT2D eigenvalue weighted by molar-refractivity contribution is 0.579. The monoisotopic (exact) mass is 436 g/mol. The quantitative estimate of drug-likeness (QED) is 0.720. The lowest BCUT2D eigenvalue weighted by Crippen LogP contribution is -2.24. The summed E-state index contributed by atoms with van der Waals surface area (Å²) in [6, 6.07) is 8.49. The van der Waals surface area contributed by atoms with Crippen LogP contribution in [0, 0.1) is 5.82 Å². The van der Waals surface area contributed by atoms with E-state index in [2.05, 4.69) is 36.6 Å². The second-order valence-corrected chi connectivity index (χ2v) is 7.69. The molecule has 0 aliphatic carbocycles. The number of rotatable bonds is 4. The lowest BCUT2D eigenvalue weighted by Gasteiger charge is -2.10. The molecule has 3 N–H and O–H groups in total. The highest BCUT2D eigenvalue weighted by atomic mass is 79.9. The Hall–Kier alpha value is -0.960. The number of hydrogen-bond acceptors (Lipinski definition) is 3. The second kappa shape index (κ2) is 6.43. The van der Waals surface area contributed by atoms with Gasteiger partial charge in [-0.2, -0.15) is 0 Å². The number of anilines is 1. The number of nitrogens with two attached hydrogens (primary N) is 1. The third-order valence-electron chi connectivity index (χ3n) is 2.71. The number of hydrogen-bond donors (Lipinski definition) is 2. The van der Waals surface area contributed by atoms with Crippen molar-refractivity contribution in [3.63, 3.8) is 0 Å². The Morgan fingerprint density at radius 2 is 1.81 bits per heavy atom. The van der Waals surface area contributed by atoms with Crippen molar-refractivity contribution in [2.24, 2.45) is 0 Å². The maximum atomic E-state index is 13.2. The summed E-state index contributed by atoms with van der Waals surface area (Å²) in [5, 5.41) is 0. The van der Waals surface area contributed by atoms with Crippen LogP contribution in [0.5, 0.6) is 0 Å². The Labute approximate surface area is 138 Å². The molecule has 0 aliphatic rings. The molecule has 112 valence electrons. The highest BCUT2D eigenvalue weighted by molar-refractivity contribution is 9.10. The van der Waals surface area contributed by atoms with Crippen molar-refractivity contribution >= 4 is 47.6 Å². The first-order valence-corrected chi connectivity index (χ1v) is 8.85. The number of nitrogen functional groups attached to an aromatic ring is 1. The first kappa shape index (κ1) is 16.4. The Bertz CT molecular complexity index is 782. The number of halogens is 3. The molecule has 0 amide bonds. The van der Waals surface area contributed by atoms with Crippen LogP contribution >= 0.6 is 31.9 Å². The van der Waals surface area contributed by atoms with Gasteiger partial charge in [-0.05, 0) is 57.9 Å². The fourth-order valence-electron chi connectivity index (χ4n) is 1.66. The van der Waals surface area contributed by atoms with Gasteiger partial charge in [0, 0.05) is 21.2 Å². The molecule has 0 heterocycles. The summed E-state index contributed by atoms with van der Waals surface area (Å²) >= 11 is 6.42. The van der Waals surface area contributed by atoms with E-state index in [0.29, 0.717) is 20.2 Å². The fraction of sp³-hybridized carbons (Fsp3) is 0.0769. The highest BCUT2D eigenvalue weighted by Crippen LogP contribution is 2.25. The molecular weight excluding hydrogens is 427 g/mol. The molecule has 21 heavy (non-hydrogen) atoms. The van der Waals surface area contributed by atoms with Gasteiger partial charge < -0.3 is 5.73 Å². The molecule has 0 saturated heterocycles. The average Bonchev–Trinajstić information content (AvgIpc) is 2.39. The maximum Gasteiger partial charge on any atom is 0.241 e. The van der Waals surface area contributed by atoms with Crippen molar-refractivity contribution in [1.29, 1.82) is 0 Å². The van der Waals surface area contributed by atoms with Crippen LogP contribution in [-0.4, -0.2) is 8.42 Å². The van der Waals surface area contributed by atoms with Crippen LogP contribution in [0.4, 0.5) is 10.1 Å². The lowest BCUT2D eigenvalue weighted by atomic mass is 10.2. The standard InChI is InChI=1S/C13H11Br2FN2O2S/c14-11-3-1-9(16)5-8(11)7-18-21(19,20)13-4-2-10(17)6-12(13)15/h1-6,18H,7,17H2. The van der Waals surface area contributed by atoms with Gasteiger partial charge in [-0.25, -0.2) is 17.5 Å². The predicted octanol–water partition coefficient (Wildman–Crippen LogP) is 3.41. The summed E-state index contributed by atoms with van der Waals surface area (Å²) in [6.45, 7) is -0.0303. The van der Waals surface area contributed by atoms with E-state index in [1.54, 1.807) is 0 Å². The molecule has 4 nitrogen and oxygen atoms in total.